The molecule has 30 heavy (non-hydrogen) atoms. The van der Waals surface area contributed by atoms with Crippen molar-refractivity contribution < 1.29 is 9.50 Å². The first-order chi connectivity index (χ1) is 14.7. The molecule has 0 saturated carbocycles. The van der Waals surface area contributed by atoms with E-state index in [-0.39, 0.29) is 11.9 Å². The molecule has 2 heterocycles. The van der Waals surface area contributed by atoms with Crippen molar-refractivity contribution >= 4 is 0 Å². The number of piperazine rings is 1. The number of benzene rings is 2. The molecule has 5 rings (SSSR count). The molecule has 0 unspecified atom stereocenters. The van der Waals surface area contributed by atoms with Gasteiger partial charge in [-0.05, 0) is 53.6 Å². The Kier molecular flexibility index (Phi) is 7.16. The van der Waals surface area contributed by atoms with Crippen molar-refractivity contribution in [3.05, 3.63) is 70.5 Å². The van der Waals surface area contributed by atoms with Crippen LogP contribution in [0.1, 0.15) is 54.0 Å². The van der Waals surface area contributed by atoms with Gasteiger partial charge in [-0.25, -0.2) is 4.39 Å². The normalized spacial score (nSPS) is 25.4. The van der Waals surface area contributed by atoms with E-state index >= 15 is 0 Å². The van der Waals surface area contributed by atoms with Gasteiger partial charge in [0.1, 0.15) is 5.82 Å². The van der Waals surface area contributed by atoms with E-state index in [0.29, 0.717) is 18.6 Å². The summed E-state index contributed by atoms with van der Waals surface area (Å²) in [5, 5.41) is 15.5. The van der Waals surface area contributed by atoms with Crippen LogP contribution >= 0.6 is 0 Å². The maximum atomic E-state index is 13.8. The highest BCUT2D eigenvalue weighted by atomic mass is 19.1. The van der Waals surface area contributed by atoms with E-state index in [1.165, 1.54) is 16.7 Å². The number of halogens is 1. The Morgan fingerprint density at radius 1 is 1.07 bits per heavy atom. The zero-order valence-corrected chi connectivity index (χ0v) is 17.9. The summed E-state index contributed by atoms with van der Waals surface area (Å²) in [5.74, 6) is 0.342. The fourth-order valence-corrected chi connectivity index (χ4v) is 5.13. The maximum Gasteiger partial charge on any atom is 0.123 e. The van der Waals surface area contributed by atoms with Gasteiger partial charge in [0, 0.05) is 50.7 Å². The van der Waals surface area contributed by atoms with Crippen LogP contribution in [0, 0.1) is 5.82 Å². The van der Waals surface area contributed by atoms with Gasteiger partial charge in [-0.3, -0.25) is 4.90 Å². The molecular weight excluding hydrogens is 377 g/mol. The average molecular weight is 412 g/mol. The van der Waals surface area contributed by atoms with E-state index in [2.05, 4.69) is 46.7 Å². The summed E-state index contributed by atoms with van der Waals surface area (Å²) in [5.41, 5.74) is 5.27. The summed E-state index contributed by atoms with van der Waals surface area (Å²) in [7, 11) is 0. The smallest absolute Gasteiger partial charge is 0.123 e. The molecule has 3 N–H and O–H groups in total. The number of fused-ring (bicyclic) bond motifs is 5. The Labute approximate surface area is 179 Å². The van der Waals surface area contributed by atoms with Crippen LogP contribution in [0.3, 0.4) is 0 Å². The van der Waals surface area contributed by atoms with E-state index in [1.807, 2.05) is 6.07 Å². The number of hydrogen-bond donors (Lipinski definition) is 3. The largest absolute Gasteiger partial charge is 0.395 e. The summed E-state index contributed by atoms with van der Waals surface area (Å²) in [6, 6.07) is 14.8. The van der Waals surface area contributed by atoms with E-state index in [9.17, 15) is 4.39 Å². The van der Waals surface area contributed by atoms with Crippen LogP contribution in [-0.2, 0) is 6.42 Å². The Morgan fingerprint density at radius 2 is 1.83 bits per heavy atom. The lowest BCUT2D eigenvalue weighted by molar-refractivity contribution is 0.180. The minimum absolute atomic E-state index is 0.125. The Bertz CT molecular complexity index is 834. The Morgan fingerprint density at radius 3 is 2.60 bits per heavy atom. The second-order valence-corrected chi connectivity index (χ2v) is 8.63. The van der Waals surface area contributed by atoms with Crippen molar-refractivity contribution in [3.63, 3.8) is 0 Å². The van der Waals surface area contributed by atoms with E-state index in [1.54, 1.807) is 12.1 Å². The molecular formula is C25H34FN3O. The quantitative estimate of drug-likeness (QED) is 0.726. The molecule has 3 atom stereocenters. The van der Waals surface area contributed by atoms with Gasteiger partial charge in [0.05, 0.1) is 6.61 Å². The molecule has 2 saturated heterocycles. The first-order valence-corrected chi connectivity index (χ1v) is 11.4. The van der Waals surface area contributed by atoms with Crippen molar-refractivity contribution in [2.45, 2.75) is 44.2 Å². The lowest BCUT2D eigenvalue weighted by Crippen LogP contribution is -2.44. The summed E-state index contributed by atoms with van der Waals surface area (Å²) in [6.45, 7) is 7.66. The lowest BCUT2D eigenvalue weighted by atomic mass is 9.87. The molecule has 5 heteroatoms. The maximum absolute atomic E-state index is 13.8. The van der Waals surface area contributed by atoms with Crippen LogP contribution in [0.25, 0.3) is 0 Å². The zero-order valence-electron chi connectivity index (χ0n) is 17.9. The van der Waals surface area contributed by atoms with E-state index in [0.717, 1.165) is 57.5 Å². The SMILES string of the molecule is CC[C@H]1C[C@@H]2c3ccccc3Cc3ccc(F)cc3[C@H]2N1.OCCN1CCNCC1. The van der Waals surface area contributed by atoms with Gasteiger partial charge in [-0.15, -0.1) is 0 Å². The standard InChI is InChI=1S/C19H20FN.C6H14N2O/c1-2-15-11-18-16-6-4-3-5-12(16)9-13-7-8-14(20)10-17(13)19(18)21-15;9-6-5-8-3-1-7-2-4-8/h3-8,10,15,18-19,21H,2,9,11H2,1H3;7,9H,1-6H2/t15-,18+,19+;/m0./s1. The number of aliphatic hydroxyl groups is 1. The van der Waals surface area contributed by atoms with Gasteiger partial charge in [0.15, 0.2) is 0 Å². The van der Waals surface area contributed by atoms with Crippen molar-refractivity contribution in [1.29, 1.82) is 0 Å². The molecule has 2 aromatic carbocycles. The monoisotopic (exact) mass is 411 g/mol. The molecule has 2 fully saturated rings. The molecule has 0 radical (unpaired) electrons. The minimum atomic E-state index is -0.125. The first kappa shape index (κ1) is 21.4. The minimum Gasteiger partial charge on any atom is -0.395 e. The third kappa shape index (κ3) is 4.75. The van der Waals surface area contributed by atoms with Gasteiger partial charge in [0.25, 0.3) is 0 Å². The van der Waals surface area contributed by atoms with Crippen molar-refractivity contribution in [1.82, 2.24) is 15.5 Å². The third-order valence-corrected chi connectivity index (χ3v) is 6.75. The highest BCUT2D eigenvalue weighted by Gasteiger charge is 2.38. The second-order valence-electron chi connectivity index (χ2n) is 8.63. The second kappa shape index (κ2) is 10.0. The predicted octanol–water partition coefficient (Wildman–Crippen LogP) is 3.21. The fraction of sp³-hybridized carbons (Fsp3) is 0.520. The highest BCUT2D eigenvalue weighted by Crippen LogP contribution is 2.46. The molecule has 0 amide bonds. The van der Waals surface area contributed by atoms with E-state index in [4.69, 9.17) is 5.11 Å². The molecule has 2 aromatic rings. The third-order valence-electron chi connectivity index (χ3n) is 6.75. The van der Waals surface area contributed by atoms with Crippen molar-refractivity contribution in [2.24, 2.45) is 0 Å². The number of hydrogen-bond acceptors (Lipinski definition) is 4. The van der Waals surface area contributed by atoms with Gasteiger partial charge in [0.2, 0.25) is 0 Å². The van der Waals surface area contributed by atoms with Crippen LogP contribution < -0.4 is 10.6 Å². The van der Waals surface area contributed by atoms with Gasteiger partial charge < -0.3 is 15.7 Å². The van der Waals surface area contributed by atoms with E-state index < -0.39 is 0 Å². The number of nitrogens with zero attached hydrogens (tertiary/aromatic N) is 1. The molecule has 3 aliphatic rings. The van der Waals surface area contributed by atoms with Crippen LogP contribution in [0.2, 0.25) is 0 Å². The lowest BCUT2D eigenvalue weighted by Gasteiger charge is -2.25. The van der Waals surface area contributed by atoms with Crippen LogP contribution in [0.5, 0.6) is 0 Å². The molecule has 1 aliphatic carbocycles. The molecule has 2 aliphatic heterocycles. The number of nitrogens with one attached hydrogen (secondary N) is 2. The Balaban J connectivity index is 0.000000204. The number of aliphatic hydroxyl groups excluding tert-OH is 1. The highest BCUT2D eigenvalue weighted by molar-refractivity contribution is 5.46. The summed E-state index contributed by atoms with van der Waals surface area (Å²) in [6.07, 6.45) is 3.19. The first-order valence-electron chi connectivity index (χ1n) is 11.4. The zero-order chi connectivity index (χ0) is 20.9. The number of rotatable bonds is 3. The van der Waals surface area contributed by atoms with Crippen molar-refractivity contribution in [2.75, 3.05) is 39.3 Å². The predicted molar refractivity (Wildman–Crippen MR) is 119 cm³/mol. The molecule has 162 valence electrons. The van der Waals surface area contributed by atoms with Crippen LogP contribution in [-0.4, -0.2) is 55.4 Å². The average Bonchev–Trinajstić information content (AvgIpc) is 3.16. The summed E-state index contributed by atoms with van der Waals surface area (Å²) in [4.78, 5) is 2.26. The summed E-state index contributed by atoms with van der Waals surface area (Å²) >= 11 is 0. The Hall–Kier alpha value is -1.79. The van der Waals surface area contributed by atoms with Crippen molar-refractivity contribution in [3.8, 4) is 0 Å². The molecule has 4 nitrogen and oxygen atoms in total. The fourth-order valence-electron chi connectivity index (χ4n) is 5.13. The molecule has 0 spiro atoms. The van der Waals surface area contributed by atoms with Crippen LogP contribution in [0.15, 0.2) is 42.5 Å². The van der Waals surface area contributed by atoms with Gasteiger partial charge >= 0.3 is 0 Å². The van der Waals surface area contributed by atoms with Gasteiger partial charge in [-0.1, -0.05) is 37.3 Å². The van der Waals surface area contributed by atoms with Crippen LogP contribution in [0.4, 0.5) is 4.39 Å². The number of β-amino-alcohol motifs (C(OH)–C–C–N with tert-alkyl or cyclic N) is 1. The van der Waals surface area contributed by atoms with Gasteiger partial charge in [-0.2, -0.15) is 0 Å². The summed E-state index contributed by atoms with van der Waals surface area (Å²) < 4.78 is 13.8. The molecule has 0 aromatic heterocycles. The molecule has 0 bridgehead atoms. The topological polar surface area (TPSA) is 47.5 Å².